The van der Waals surface area contributed by atoms with E-state index in [2.05, 4.69) is 23.6 Å². The molecule has 0 aromatic heterocycles. The first kappa shape index (κ1) is 22.7. The molecule has 1 amide bonds. The molecule has 0 spiro atoms. The molecule has 0 bridgehead atoms. The number of nitrogens with zero attached hydrogens (tertiary/aromatic N) is 1. The van der Waals surface area contributed by atoms with E-state index in [1.807, 2.05) is 67.6 Å². The molecule has 2 aromatic rings. The number of nitrogens with one attached hydrogen (secondary N) is 2. The van der Waals surface area contributed by atoms with Crippen LogP contribution in [0.3, 0.4) is 0 Å². The van der Waals surface area contributed by atoms with Gasteiger partial charge in [-0.1, -0.05) is 74.7 Å². The van der Waals surface area contributed by atoms with E-state index in [1.165, 1.54) is 19.3 Å². The van der Waals surface area contributed by atoms with E-state index in [-0.39, 0.29) is 5.91 Å². The number of carbonyl (C=O) groups excluding carboxylic acids is 1. The predicted octanol–water partition coefficient (Wildman–Crippen LogP) is 6.33. The maximum absolute atomic E-state index is 13.3. The number of para-hydroxylation sites is 1. The summed E-state index contributed by atoms with van der Waals surface area (Å²) < 4.78 is 0. The highest BCUT2D eigenvalue weighted by Crippen LogP contribution is 2.41. The average molecular weight is 432 g/mol. The molecule has 0 unspecified atom stereocenters. The van der Waals surface area contributed by atoms with Crippen molar-refractivity contribution in [1.29, 1.82) is 5.26 Å². The zero-order valence-corrected chi connectivity index (χ0v) is 19.0. The van der Waals surface area contributed by atoms with E-state index in [0.717, 1.165) is 34.2 Å². The number of rotatable bonds is 9. The third kappa shape index (κ3) is 5.80. The first-order valence-electron chi connectivity index (χ1n) is 10.8. The van der Waals surface area contributed by atoms with Gasteiger partial charge in [0.15, 0.2) is 0 Å². The summed E-state index contributed by atoms with van der Waals surface area (Å²) in [4.78, 5) is 13.3. The second-order valence-electron chi connectivity index (χ2n) is 7.59. The van der Waals surface area contributed by atoms with Crippen LogP contribution in [0.2, 0.25) is 0 Å². The number of amides is 1. The largest absolute Gasteiger partial charge is 0.353 e. The molecule has 0 saturated heterocycles. The lowest BCUT2D eigenvalue weighted by Crippen LogP contribution is -2.30. The summed E-state index contributed by atoms with van der Waals surface area (Å²) in [6.45, 7) is 4.12. The molecule has 0 fully saturated rings. The van der Waals surface area contributed by atoms with Gasteiger partial charge in [0, 0.05) is 17.0 Å². The molecule has 1 aliphatic rings. The maximum atomic E-state index is 13.3. The van der Waals surface area contributed by atoms with Gasteiger partial charge in [0.2, 0.25) is 0 Å². The van der Waals surface area contributed by atoms with Crippen LogP contribution in [0.15, 0.2) is 82.5 Å². The Morgan fingerprint density at radius 3 is 2.39 bits per heavy atom. The zero-order valence-electron chi connectivity index (χ0n) is 18.2. The molecule has 2 aromatic carbocycles. The van der Waals surface area contributed by atoms with E-state index in [1.54, 1.807) is 11.8 Å². The van der Waals surface area contributed by atoms with E-state index < -0.39 is 5.92 Å². The van der Waals surface area contributed by atoms with E-state index in [4.69, 9.17) is 0 Å². The molecule has 0 radical (unpaired) electrons. The molecule has 4 nitrogen and oxygen atoms in total. The normalized spacial score (nSPS) is 16.0. The van der Waals surface area contributed by atoms with Gasteiger partial charge in [-0.15, -0.1) is 11.8 Å². The Kier molecular flexibility index (Phi) is 8.37. The van der Waals surface area contributed by atoms with Gasteiger partial charge in [0.05, 0.1) is 22.6 Å². The summed E-state index contributed by atoms with van der Waals surface area (Å²) in [5.74, 6) is 0.368. The van der Waals surface area contributed by atoms with Crippen molar-refractivity contribution in [3.05, 3.63) is 88.1 Å². The Bertz CT molecular complexity index is 990. The smallest absolute Gasteiger partial charge is 0.254 e. The van der Waals surface area contributed by atoms with Gasteiger partial charge in [0.1, 0.15) is 0 Å². The highest BCUT2D eigenvalue weighted by molar-refractivity contribution is 8.03. The molecule has 0 saturated carbocycles. The lowest BCUT2D eigenvalue weighted by atomic mass is 9.82. The number of hydrogen-bond donors (Lipinski definition) is 2. The Morgan fingerprint density at radius 1 is 1.06 bits per heavy atom. The number of carbonyl (C=O) groups is 1. The van der Waals surface area contributed by atoms with Crippen molar-refractivity contribution in [2.24, 2.45) is 0 Å². The molecular formula is C26H29N3OS. The molecular weight excluding hydrogens is 402 g/mol. The molecule has 1 heterocycles. The van der Waals surface area contributed by atoms with Crippen molar-refractivity contribution in [2.75, 3.05) is 11.1 Å². The van der Waals surface area contributed by atoms with E-state index in [9.17, 15) is 10.1 Å². The number of dihydropyridines is 1. The van der Waals surface area contributed by atoms with E-state index >= 15 is 0 Å². The summed E-state index contributed by atoms with van der Waals surface area (Å²) in [5, 5.41) is 17.3. The van der Waals surface area contributed by atoms with Gasteiger partial charge < -0.3 is 10.6 Å². The quantitative estimate of drug-likeness (QED) is 0.455. The second kappa shape index (κ2) is 11.4. The highest BCUT2D eigenvalue weighted by Gasteiger charge is 2.34. The molecule has 5 heteroatoms. The molecule has 160 valence electrons. The molecule has 0 aliphatic carbocycles. The first-order valence-corrected chi connectivity index (χ1v) is 11.8. The fourth-order valence-corrected chi connectivity index (χ4v) is 4.83. The lowest BCUT2D eigenvalue weighted by molar-refractivity contribution is -0.113. The number of unbranched alkanes of at least 4 members (excludes halogenated alkanes) is 3. The SMILES string of the molecule is CCCCCCSC1=C(C#N)[C@H](c2ccccc2)C(C(=O)Nc2ccccc2)=C(C)N1. The van der Waals surface area contributed by atoms with Crippen LogP contribution in [-0.2, 0) is 4.79 Å². The van der Waals surface area contributed by atoms with Crippen LogP contribution < -0.4 is 10.6 Å². The standard InChI is InChI=1S/C26H29N3OS/c1-3-4-5-12-17-31-26-22(18-27)24(20-13-8-6-9-14-20)23(19(2)28-26)25(30)29-21-15-10-7-11-16-21/h6-11,13-16,24,28H,3-5,12,17H2,1-2H3,(H,29,30)/t24-/m0/s1. The minimum atomic E-state index is -0.394. The van der Waals surface area contributed by atoms with Gasteiger partial charge in [-0.2, -0.15) is 5.26 Å². The summed E-state index contributed by atoms with van der Waals surface area (Å²) in [5.41, 5.74) is 3.66. The molecule has 3 rings (SSSR count). The minimum absolute atomic E-state index is 0.190. The summed E-state index contributed by atoms with van der Waals surface area (Å²) in [6, 6.07) is 21.6. The van der Waals surface area contributed by atoms with Crippen molar-refractivity contribution in [2.45, 2.75) is 45.4 Å². The predicted molar refractivity (Wildman–Crippen MR) is 129 cm³/mol. The third-order valence-electron chi connectivity index (χ3n) is 5.30. The third-order valence-corrected chi connectivity index (χ3v) is 6.40. The number of anilines is 1. The number of nitriles is 1. The number of hydrogen-bond acceptors (Lipinski definition) is 4. The molecule has 2 N–H and O–H groups in total. The van der Waals surface area contributed by atoms with Gasteiger partial charge in [0.25, 0.3) is 5.91 Å². The van der Waals surface area contributed by atoms with Gasteiger partial charge >= 0.3 is 0 Å². The van der Waals surface area contributed by atoms with Crippen LogP contribution in [-0.4, -0.2) is 11.7 Å². The van der Waals surface area contributed by atoms with Crippen molar-refractivity contribution >= 4 is 23.4 Å². The van der Waals surface area contributed by atoms with Crippen LogP contribution in [0.4, 0.5) is 5.69 Å². The Balaban J connectivity index is 1.92. The summed E-state index contributed by atoms with van der Waals surface area (Å²) in [6.07, 6.45) is 4.74. The van der Waals surface area contributed by atoms with Crippen molar-refractivity contribution in [1.82, 2.24) is 5.32 Å². The topological polar surface area (TPSA) is 64.9 Å². The van der Waals surface area contributed by atoms with Crippen LogP contribution in [0.1, 0.15) is 51.0 Å². The molecule has 31 heavy (non-hydrogen) atoms. The zero-order chi connectivity index (χ0) is 22.1. The second-order valence-corrected chi connectivity index (χ2v) is 8.70. The Hall–Kier alpha value is -2.97. The molecule has 1 aliphatic heterocycles. The minimum Gasteiger partial charge on any atom is -0.353 e. The lowest BCUT2D eigenvalue weighted by Gasteiger charge is -2.30. The average Bonchev–Trinajstić information content (AvgIpc) is 2.79. The Morgan fingerprint density at radius 2 is 1.74 bits per heavy atom. The number of thioether (sulfide) groups is 1. The Labute approximate surface area is 189 Å². The number of allylic oxidation sites excluding steroid dienone is 2. The van der Waals surface area contributed by atoms with Gasteiger partial charge in [-0.25, -0.2) is 0 Å². The summed E-state index contributed by atoms with van der Waals surface area (Å²) >= 11 is 1.68. The van der Waals surface area contributed by atoms with E-state index in [0.29, 0.717) is 11.1 Å². The van der Waals surface area contributed by atoms with Gasteiger partial charge in [-0.05, 0) is 36.8 Å². The van der Waals surface area contributed by atoms with Crippen LogP contribution in [0.5, 0.6) is 0 Å². The van der Waals surface area contributed by atoms with Crippen molar-refractivity contribution in [3.8, 4) is 6.07 Å². The fourth-order valence-electron chi connectivity index (χ4n) is 3.73. The number of benzene rings is 2. The molecule has 1 atom stereocenters. The van der Waals surface area contributed by atoms with Crippen LogP contribution in [0, 0.1) is 11.3 Å². The monoisotopic (exact) mass is 431 g/mol. The van der Waals surface area contributed by atoms with Gasteiger partial charge in [-0.3, -0.25) is 4.79 Å². The fraction of sp³-hybridized carbons (Fsp3) is 0.308. The van der Waals surface area contributed by atoms with Crippen LogP contribution in [0.25, 0.3) is 0 Å². The maximum Gasteiger partial charge on any atom is 0.254 e. The van der Waals surface area contributed by atoms with Crippen LogP contribution >= 0.6 is 11.8 Å². The summed E-state index contributed by atoms with van der Waals surface area (Å²) in [7, 11) is 0. The van der Waals surface area contributed by atoms with Crippen molar-refractivity contribution < 1.29 is 4.79 Å². The first-order chi connectivity index (χ1) is 15.2. The highest BCUT2D eigenvalue weighted by atomic mass is 32.2. The van der Waals surface area contributed by atoms with Crippen molar-refractivity contribution in [3.63, 3.8) is 0 Å².